The minimum Gasteiger partial charge on any atom is -0.462 e. The number of rotatable bonds is 68. The standard InChI is InChI=1S/C77H140O6/c1-4-7-10-13-16-19-22-25-28-31-33-34-35-36-37-38-39-40-41-42-44-46-49-52-55-58-61-64-67-70-76(79)82-73-74(72-81-75(78)69-66-63-60-57-54-51-48-45-30-27-24-21-18-15-12-9-6-3)83-77(80)71-68-65-62-59-56-53-50-47-43-32-29-26-23-20-17-14-11-8-5-2/h17-18,20-21,26-27,29-31,33,74H,4-16,19,22-25,28,32,34-73H2,1-3H3/b20-17-,21-18-,29-26-,30-27-,33-31-. The van der Waals surface area contributed by atoms with E-state index < -0.39 is 6.10 Å². The molecule has 0 aromatic rings. The summed E-state index contributed by atoms with van der Waals surface area (Å²) in [7, 11) is 0. The highest BCUT2D eigenvalue weighted by Gasteiger charge is 2.19. The summed E-state index contributed by atoms with van der Waals surface area (Å²) in [5.74, 6) is -0.863. The van der Waals surface area contributed by atoms with Gasteiger partial charge in [0.15, 0.2) is 6.10 Å². The van der Waals surface area contributed by atoms with Crippen LogP contribution in [0.1, 0.15) is 393 Å². The lowest BCUT2D eigenvalue weighted by Crippen LogP contribution is -2.30. The van der Waals surface area contributed by atoms with Crippen molar-refractivity contribution in [2.45, 2.75) is 399 Å². The van der Waals surface area contributed by atoms with Crippen LogP contribution in [-0.2, 0) is 28.6 Å². The quantitative estimate of drug-likeness (QED) is 0.0261. The molecule has 0 fully saturated rings. The maximum absolute atomic E-state index is 13.0. The van der Waals surface area contributed by atoms with Gasteiger partial charge in [-0.2, -0.15) is 0 Å². The van der Waals surface area contributed by atoms with Gasteiger partial charge in [-0.05, 0) is 109 Å². The van der Waals surface area contributed by atoms with Crippen LogP contribution in [0, 0.1) is 0 Å². The lowest BCUT2D eigenvalue weighted by molar-refractivity contribution is -0.167. The second-order valence-corrected chi connectivity index (χ2v) is 24.8. The van der Waals surface area contributed by atoms with E-state index in [1.54, 1.807) is 0 Å². The minimum atomic E-state index is -0.781. The molecule has 83 heavy (non-hydrogen) atoms. The Morgan fingerprint density at radius 3 is 0.699 bits per heavy atom. The Kier molecular flexibility index (Phi) is 69.1. The number of unbranched alkanes of at least 4 members (excludes halogenated alkanes) is 47. The van der Waals surface area contributed by atoms with Gasteiger partial charge in [-0.25, -0.2) is 0 Å². The zero-order chi connectivity index (χ0) is 59.9. The van der Waals surface area contributed by atoms with Crippen molar-refractivity contribution in [2.75, 3.05) is 13.2 Å². The molecule has 6 nitrogen and oxygen atoms in total. The molecule has 0 saturated carbocycles. The van der Waals surface area contributed by atoms with Gasteiger partial charge in [-0.15, -0.1) is 0 Å². The Morgan fingerprint density at radius 1 is 0.241 bits per heavy atom. The fourth-order valence-corrected chi connectivity index (χ4v) is 10.9. The SMILES string of the molecule is CCCCC/C=C\C/C=C\CCCCCCCCCCCC(=O)OC(COC(=O)CCCCCCCCC/C=C\C/C=C\CCCCC)COC(=O)CCCCCCCCCCCCCCCCCCC/C=C\CCCCCCCCCC. The first-order chi connectivity index (χ1) is 41.0. The molecule has 0 radical (unpaired) electrons. The Bertz CT molecular complexity index is 1470. The van der Waals surface area contributed by atoms with Gasteiger partial charge in [0.1, 0.15) is 13.2 Å². The highest BCUT2D eigenvalue weighted by molar-refractivity contribution is 5.71. The van der Waals surface area contributed by atoms with E-state index in [4.69, 9.17) is 14.2 Å². The Hall–Kier alpha value is -2.89. The number of hydrogen-bond acceptors (Lipinski definition) is 6. The van der Waals surface area contributed by atoms with E-state index in [1.807, 2.05) is 0 Å². The van der Waals surface area contributed by atoms with Gasteiger partial charge in [0, 0.05) is 19.3 Å². The summed E-state index contributed by atoms with van der Waals surface area (Å²) in [6, 6.07) is 0. The summed E-state index contributed by atoms with van der Waals surface area (Å²) < 4.78 is 17.0. The van der Waals surface area contributed by atoms with Crippen LogP contribution in [0.25, 0.3) is 0 Å². The fraction of sp³-hybridized carbons (Fsp3) is 0.831. The number of esters is 3. The van der Waals surface area contributed by atoms with Crippen LogP contribution in [0.2, 0.25) is 0 Å². The summed E-state index contributed by atoms with van der Waals surface area (Å²) in [6.45, 7) is 6.64. The van der Waals surface area contributed by atoms with E-state index in [9.17, 15) is 14.4 Å². The summed E-state index contributed by atoms with van der Waals surface area (Å²) >= 11 is 0. The molecular weight excluding hydrogens is 1020 g/mol. The van der Waals surface area contributed by atoms with Gasteiger partial charge in [-0.3, -0.25) is 14.4 Å². The van der Waals surface area contributed by atoms with Crippen LogP contribution in [0.5, 0.6) is 0 Å². The molecule has 0 bridgehead atoms. The minimum absolute atomic E-state index is 0.0750. The Labute approximate surface area is 517 Å². The van der Waals surface area contributed by atoms with Crippen molar-refractivity contribution in [3.63, 3.8) is 0 Å². The molecule has 0 rings (SSSR count). The number of carbonyl (C=O) groups is 3. The number of ether oxygens (including phenoxy) is 3. The second-order valence-electron chi connectivity index (χ2n) is 24.8. The van der Waals surface area contributed by atoms with Gasteiger partial charge in [0.25, 0.3) is 0 Å². The molecule has 1 unspecified atom stereocenters. The summed E-state index contributed by atoms with van der Waals surface area (Å²) in [6.07, 6.45) is 92.5. The molecule has 0 heterocycles. The van der Waals surface area contributed by atoms with Crippen LogP contribution in [0.4, 0.5) is 0 Å². The van der Waals surface area contributed by atoms with Crippen LogP contribution in [0.15, 0.2) is 60.8 Å². The molecule has 484 valence electrons. The summed E-state index contributed by atoms with van der Waals surface area (Å²) in [4.78, 5) is 38.5. The third kappa shape index (κ3) is 69.8. The third-order valence-corrected chi connectivity index (χ3v) is 16.5. The fourth-order valence-electron chi connectivity index (χ4n) is 10.9. The lowest BCUT2D eigenvalue weighted by atomic mass is 10.0. The monoisotopic (exact) mass is 1160 g/mol. The van der Waals surface area contributed by atoms with Crippen molar-refractivity contribution >= 4 is 17.9 Å². The zero-order valence-corrected chi connectivity index (χ0v) is 55.7. The smallest absolute Gasteiger partial charge is 0.306 e. The average Bonchev–Trinajstić information content (AvgIpc) is 3.49. The van der Waals surface area contributed by atoms with Crippen LogP contribution in [-0.4, -0.2) is 37.2 Å². The van der Waals surface area contributed by atoms with Gasteiger partial charge < -0.3 is 14.2 Å². The summed E-state index contributed by atoms with van der Waals surface area (Å²) in [5, 5.41) is 0. The van der Waals surface area contributed by atoms with Crippen LogP contribution < -0.4 is 0 Å². The molecule has 0 amide bonds. The molecule has 0 spiro atoms. The predicted octanol–water partition coefficient (Wildman–Crippen LogP) is 25.5. The van der Waals surface area contributed by atoms with Crippen molar-refractivity contribution in [3.8, 4) is 0 Å². The molecule has 6 heteroatoms. The van der Waals surface area contributed by atoms with Crippen molar-refractivity contribution in [3.05, 3.63) is 60.8 Å². The van der Waals surface area contributed by atoms with Crippen molar-refractivity contribution < 1.29 is 28.6 Å². The summed E-state index contributed by atoms with van der Waals surface area (Å²) in [5.41, 5.74) is 0. The number of allylic oxidation sites excluding steroid dienone is 10. The topological polar surface area (TPSA) is 78.9 Å². The van der Waals surface area contributed by atoms with E-state index in [2.05, 4.69) is 81.5 Å². The second kappa shape index (κ2) is 71.6. The van der Waals surface area contributed by atoms with Crippen LogP contribution >= 0.6 is 0 Å². The first kappa shape index (κ1) is 80.1. The van der Waals surface area contributed by atoms with E-state index in [1.165, 1.54) is 276 Å². The largest absolute Gasteiger partial charge is 0.462 e. The van der Waals surface area contributed by atoms with Crippen molar-refractivity contribution in [1.29, 1.82) is 0 Å². The zero-order valence-electron chi connectivity index (χ0n) is 55.7. The molecule has 1 atom stereocenters. The van der Waals surface area contributed by atoms with E-state index in [0.717, 1.165) is 77.0 Å². The van der Waals surface area contributed by atoms with E-state index in [0.29, 0.717) is 19.3 Å². The first-order valence-corrected chi connectivity index (χ1v) is 36.8. The molecule has 0 aliphatic heterocycles. The number of hydrogen-bond donors (Lipinski definition) is 0. The molecular formula is C77H140O6. The molecule has 0 saturated heterocycles. The maximum Gasteiger partial charge on any atom is 0.306 e. The average molecular weight is 1160 g/mol. The first-order valence-electron chi connectivity index (χ1n) is 36.8. The Balaban J connectivity index is 4.26. The Morgan fingerprint density at radius 2 is 0.434 bits per heavy atom. The van der Waals surface area contributed by atoms with Gasteiger partial charge in [-0.1, -0.05) is 326 Å². The lowest BCUT2D eigenvalue weighted by Gasteiger charge is -2.18. The van der Waals surface area contributed by atoms with Crippen molar-refractivity contribution in [2.24, 2.45) is 0 Å². The molecule has 0 aromatic carbocycles. The van der Waals surface area contributed by atoms with E-state index in [-0.39, 0.29) is 31.1 Å². The molecule has 0 aliphatic rings. The molecule has 0 aromatic heterocycles. The highest BCUT2D eigenvalue weighted by Crippen LogP contribution is 2.18. The molecule has 0 N–H and O–H groups in total. The maximum atomic E-state index is 13.0. The molecule has 0 aliphatic carbocycles. The predicted molar refractivity (Wildman–Crippen MR) is 362 cm³/mol. The van der Waals surface area contributed by atoms with E-state index >= 15 is 0 Å². The normalized spacial score (nSPS) is 12.4. The van der Waals surface area contributed by atoms with Gasteiger partial charge in [0.2, 0.25) is 0 Å². The number of carbonyl (C=O) groups excluding carboxylic acids is 3. The van der Waals surface area contributed by atoms with Gasteiger partial charge >= 0.3 is 17.9 Å². The highest BCUT2D eigenvalue weighted by atomic mass is 16.6. The van der Waals surface area contributed by atoms with Crippen molar-refractivity contribution in [1.82, 2.24) is 0 Å². The van der Waals surface area contributed by atoms with Gasteiger partial charge in [0.05, 0.1) is 0 Å². The van der Waals surface area contributed by atoms with Crippen LogP contribution in [0.3, 0.4) is 0 Å². The third-order valence-electron chi connectivity index (χ3n) is 16.5.